The van der Waals surface area contributed by atoms with Crippen LogP contribution in [0.15, 0.2) is 30.3 Å². The third-order valence-corrected chi connectivity index (χ3v) is 4.82. The molecule has 0 radical (unpaired) electrons. The van der Waals surface area contributed by atoms with Gasteiger partial charge in [0, 0.05) is 20.7 Å². The van der Waals surface area contributed by atoms with Crippen LogP contribution in [0.5, 0.6) is 0 Å². The lowest BCUT2D eigenvalue weighted by Crippen LogP contribution is -2.34. The third-order valence-electron chi connectivity index (χ3n) is 2.47. The highest BCUT2D eigenvalue weighted by molar-refractivity contribution is 9.09. The summed E-state index contributed by atoms with van der Waals surface area (Å²) in [7, 11) is -0.103. The van der Waals surface area contributed by atoms with E-state index in [4.69, 9.17) is 4.74 Å². The standard InChI is InChI=1S/C12H18BrNO3S/c1-14(8-12(13)9-17-2)18(15,16)10-11-6-4-3-5-7-11/h3-7,12H,8-10H2,1-2H3. The quantitative estimate of drug-likeness (QED) is 0.714. The van der Waals surface area contributed by atoms with E-state index in [-0.39, 0.29) is 10.6 Å². The number of sulfonamides is 1. The first-order chi connectivity index (χ1) is 8.45. The van der Waals surface area contributed by atoms with Gasteiger partial charge in [-0.1, -0.05) is 46.3 Å². The zero-order valence-corrected chi connectivity index (χ0v) is 12.9. The molecule has 1 unspecified atom stereocenters. The fourth-order valence-corrected chi connectivity index (χ4v) is 3.65. The molecule has 6 heteroatoms. The summed E-state index contributed by atoms with van der Waals surface area (Å²) in [4.78, 5) is -0.00181. The van der Waals surface area contributed by atoms with E-state index in [2.05, 4.69) is 15.9 Å². The molecular weight excluding hydrogens is 318 g/mol. The maximum atomic E-state index is 12.1. The minimum atomic E-state index is -3.28. The molecule has 0 aliphatic rings. The highest BCUT2D eigenvalue weighted by Gasteiger charge is 2.20. The Balaban J connectivity index is 2.63. The molecule has 0 aromatic heterocycles. The maximum Gasteiger partial charge on any atom is 0.218 e. The van der Waals surface area contributed by atoms with Gasteiger partial charge >= 0.3 is 0 Å². The van der Waals surface area contributed by atoms with Crippen LogP contribution in [0.2, 0.25) is 0 Å². The van der Waals surface area contributed by atoms with Crippen LogP contribution in [0.4, 0.5) is 0 Å². The van der Waals surface area contributed by atoms with Crippen LogP contribution in [0.3, 0.4) is 0 Å². The van der Waals surface area contributed by atoms with E-state index in [0.717, 1.165) is 5.56 Å². The van der Waals surface area contributed by atoms with Gasteiger partial charge in [-0.25, -0.2) is 12.7 Å². The largest absolute Gasteiger partial charge is 0.383 e. The molecule has 0 bridgehead atoms. The van der Waals surface area contributed by atoms with Crippen molar-refractivity contribution in [2.45, 2.75) is 10.6 Å². The Labute approximate surface area is 117 Å². The van der Waals surface area contributed by atoms with Gasteiger partial charge < -0.3 is 4.74 Å². The van der Waals surface area contributed by atoms with E-state index >= 15 is 0 Å². The van der Waals surface area contributed by atoms with E-state index in [9.17, 15) is 8.42 Å². The normalized spacial score (nSPS) is 13.8. The van der Waals surface area contributed by atoms with E-state index < -0.39 is 10.0 Å². The van der Waals surface area contributed by atoms with Gasteiger partial charge in [0.1, 0.15) is 0 Å². The van der Waals surface area contributed by atoms with Gasteiger partial charge in [0.2, 0.25) is 10.0 Å². The van der Waals surface area contributed by atoms with Gasteiger partial charge in [0.15, 0.2) is 0 Å². The van der Waals surface area contributed by atoms with Crippen LogP contribution in [0.25, 0.3) is 0 Å². The molecule has 102 valence electrons. The first-order valence-corrected chi connectivity index (χ1v) is 8.09. The molecular formula is C12H18BrNO3S. The monoisotopic (exact) mass is 335 g/mol. The summed E-state index contributed by atoms with van der Waals surface area (Å²) in [5.41, 5.74) is 0.794. The van der Waals surface area contributed by atoms with Gasteiger partial charge in [-0.3, -0.25) is 0 Å². The Kier molecular flexibility index (Phi) is 6.28. The molecule has 4 nitrogen and oxygen atoms in total. The average Bonchev–Trinajstić information content (AvgIpc) is 2.29. The number of alkyl halides is 1. The molecule has 1 rings (SSSR count). The number of ether oxygens (including phenoxy) is 1. The zero-order chi connectivity index (χ0) is 13.6. The topological polar surface area (TPSA) is 46.6 Å². The smallest absolute Gasteiger partial charge is 0.218 e. The summed E-state index contributed by atoms with van der Waals surface area (Å²) in [5, 5.41) is 0. The second-order valence-corrected chi connectivity index (χ2v) is 7.45. The molecule has 0 aliphatic heterocycles. The van der Waals surface area contributed by atoms with Crippen molar-refractivity contribution in [3.05, 3.63) is 35.9 Å². The van der Waals surface area contributed by atoms with E-state index in [1.807, 2.05) is 30.3 Å². The molecule has 0 heterocycles. The Morgan fingerprint density at radius 1 is 1.33 bits per heavy atom. The minimum absolute atomic E-state index is 0.00181. The molecule has 18 heavy (non-hydrogen) atoms. The van der Waals surface area contributed by atoms with Crippen LogP contribution < -0.4 is 0 Å². The van der Waals surface area contributed by atoms with Crippen LogP contribution >= 0.6 is 15.9 Å². The van der Waals surface area contributed by atoms with Gasteiger partial charge in [0.05, 0.1) is 17.2 Å². The van der Waals surface area contributed by atoms with E-state index in [0.29, 0.717) is 13.2 Å². The first-order valence-electron chi connectivity index (χ1n) is 5.56. The lowest BCUT2D eigenvalue weighted by molar-refractivity contribution is 0.195. The zero-order valence-electron chi connectivity index (χ0n) is 10.5. The predicted molar refractivity (Wildman–Crippen MR) is 76.3 cm³/mol. The fraction of sp³-hybridized carbons (Fsp3) is 0.500. The Morgan fingerprint density at radius 3 is 2.50 bits per heavy atom. The SMILES string of the molecule is COCC(Br)CN(C)S(=O)(=O)Cc1ccccc1. The average molecular weight is 336 g/mol. The summed E-state index contributed by atoms with van der Waals surface area (Å²) in [6.45, 7) is 0.869. The molecule has 0 spiro atoms. The van der Waals surface area contributed by atoms with Crippen molar-refractivity contribution >= 4 is 26.0 Å². The van der Waals surface area contributed by atoms with Gasteiger partial charge in [-0.15, -0.1) is 0 Å². The van der Waals surface area contributed by atoms with Crippen molar-refractivity contribution in [1.82, 2.24) is 4.31 Å². The number of rotatable bonds is 7. The Bertz CT molecular complexity index is 450. The number of halogens is 1. The maximum absolute atomic E-state index is 12.1. The highest BCUT2D eigenvalue weighted by atomic mass is 79.9. The van der Waals surface area contributed by atoms with Crippen LogP contribution in [-0.2, 0) is 20.5 Å². The second-order valence-electron chi connectivity index (χ2n) is 4.07. The number of hydrogen-bond acceptors (Lipinski definition) is 3. The van der Waals surface area contributed by atoms with Crippen molar-refractivity contribution in [2.75, 3.05) is 27.3 Å². The molecule has 1 aromatic carbocycles. The fourth-order valence-electron chi connectivity index (χ4n) is 1.52. The molecule has 0 saturated heterocycles. The van der Waals surface area contributed by atoms with Gasteiger partial charge in [0.25, 0.3) is 0 Å². The van der Waals surface area contributed by atoms with E-state index in [1.165, 1.54) is 4.31 Å². The number of hydrogen-bond donors (Lipinski definition) is 0. The van der Waals surface area contributed by atoms with Crippen molar-refractivity contribution in [3.63, 3.8) is 0 Å². The van der Waals surface area contributed by atoms with Crippen molar-refractivity contribution in [3.8, 4) is 0 Å². The van der Waals surface area contributed by atoms with Crippen molar-refractivity contribution < 1.29 is 13.2 Å². The Hall–Kier alpha value is -0.430. The van der Waals surface area contributed by atoms with Crippen LogP contribution in [0, 0.1) is 0 Å². The van der Waals surface area contributed by atoms with Gasteiger partial charge in [-0.05, 0) is 5.56 Å². The summed E-state index contributed by atoms with van der Waals surface area (Å²) < 4.78 is 30.5. The summed E-state index contributed by atoms with van der Waals surface area (Å²) in [6, 6.07) is 9.16. The van der Waals surface area contributed by atoms with Crippen molar-refractivity contribution in [2.24, 2.45) is 0 Å². The molecule has 0 saturated carbocycles. The highest BCUT2D eigenvalue weighted by Crippen LogP contribution is 2.11. The molecule has 1 atom stereocenters. The molecule has 0 amide bonds. The summed E-state index contributed by atoms with van der Waals surface area (Å²) in [5.74, 6) is 0.0248. The predicted octanol–water partition coefficient (Wildman–Crippen LogP) is 1.86. The van der Waals surface area contributed by atoms with Crippen LogP contribution in [-0.4, -0.2) is 44.9 Å². The molecule has 1 aromatic rings. The minimum Gasteiger partial charge on any atom is -0.383 e. The molecule has 0 aliphatic carbocycles. The van der Waals surface area contributed by atoms with Crippen molar-refractivity contribution in [1.29, 1.82) is 0 Å². The lowest BCUT2D eigenvalue weighted by atomic mass is 10.2. The third kappa shape index (κ3) is 5.06. The van der Waals surface area contributed by atoms with E-state index in [1.54, 1.807) is 14.2 Å². The molecule has 0 fully saturated rings. The summed E-state index contributed by atoms with van der Waals surface area (Å²) >= 11 is 3.39. The first kappa shape index (κ1) is 15.6. The number of benzene rings is 1. The lowest BCUT2D eigenvalue weighted by Gasteiger charge is -2.20. The van der Waals surface area contributed by atoms with Gasteiger partial charge in [-0.2, -0.15) is 0 Å². The number of methoxy groups -OCH3 is 1. The summed E-state index contributed by atoms with van der Waals surface area (Å²) in [6.07, 6.45) is 0. The van der Waals surface area contributed by atoms with Crippen LogP contribution in [0.1, 0.15) is 5.56 Å². The molecule has 0 N–H and O–H groups in total. The number of nitrogens with zero attached hydrogens (tertiary/aromatic N) is 1. The second kappa shape index (κ2) is 7.23. The Morgan fingerprint density at radius 2 is 1.94 bits per heavy atom.